The Bertz CT molecular complexity index is 702. The second-order valence-corrected chi connectivity index (χ2v) is 8.96. The highest BCUT2D eigenvalue weighted by molar-refractivity contribution is 8.01. The molecule has 0 unspecified atom stereocenters. The number of aromatic nitrogens is 2. The number of hydrogen-bond acceptors (Lipinski definition) is 6. The first kappa shape index (κ1) is 20.7. The van der Waals surface area contributed by atoms with Crippen LogP contribution in [0.2, 0.25) is 0 Å². The maximum Gasteiger partial charge on any atom is 0.234 e. The van der Waals surface area contributed by atoms with Crippen molar-refractivity contribution in [3.05, 3.63) is 29.3 Å². The number of thioether (sulfide) groups is 1. The lowest BCUT2D eigenvalue weighted by Gasteiger charge is -2.20. The van der Waals surface area contributed by atoms with Gasteiger partial charge in [0.05, 0.1) is 5.75 Å². The van der Waals surface area contributed by atoms with E-state index in [0.29, 0.717) is 17.6 Å². The van der Waals surface area contributed by atoms with E-state index >= 15 is 0 Å². The minimum absolute atomic E-state index is 0.0109. The quantitative estimate of drug-likeness (QED) is 0.564. The Labute approximate surface area is 164 Å². The van der Waals surface area contributed by atoms with Gasteiger partial charge in [-0.2, -0.15) is 0 Å². The lowest BCUT2D eigenvalue weighted by Crippen LogP contribution is -2.17. The summed E-state index contributed by atoms with van der Waals surface area (Å²) < 4.78 is 0.806. The van der Waals surface area contributed by atoms with Crippen LogP contribution in [0.25, 0.3) is 0 Å². The summed E-state index contributed by atoms with van der Waals surface area (Å²) in [5.74, 6) is 1.02. The van der Waals surface area contributed by atoms with Gasteiger partial charge in [0.15, 0.2) is 4.34 Å². The lowest BCUT2D eigenvalue weighted by atomic mass is 9.92. The predicted molar refractivity (Wildman–Crippen MR) is 113 cm³/mol. The first-order chi connectivity index (χ1) is 12.4. The first-order valence-corrected chi connectivity index (χ1v) is 10.8. The Morgan fingerprint density at radius 3 is 2.38 bits per heavy atom. The summed E-state index contributed by atoms with van der Waals surface area (Å²) in [7, 11) is 0. The third-order valence-corrected chi connectivity index (χ3v) is 5.91. The molecule has 0 radical (unpaired) electrons. The molecule has 1 aromatic carbocycles. The number of carbonyl (C=O) groups excluding carboxylic acids is 1. The second-order valence-electron chi connectivity index (χ2n) is 6.76. The van der Waals surface area contributed by atoms with Crippen molar-refractivity contribution in [3.8, 4) is 0 Å². The van der Waals surface area contributed by atoms with Gasteiger partial charge in [-0.15, -0.1) is 10.2 Å². The van der Waals surface area contributed by atoms with E-state index in [4.69, 9.17) is 0 Å². The average Bonchev–Trinajstić information content (AvgIpc) is 3.05. The molecule has 1 aromatic heterocycles. The van der Waals surface area contributed by atoms with Crippen molar-refractivity contribution < 1.29 is 4.79 Å². The minimum atomic E-state index is -0.0109. The average molecular weight is 393 g/mol. The molecule has 0 bridgehead atoms. The Morgan fingerprint density at radius 2 is 1.81 bits per heavy atom. The van der Waals surface area contributed by atoms with E-state index in [1.165, 1.54) is 34.2 Å². The molecule has 7 heteroatoms. The van der Waals surface area contributed by atoms with E-state index in [1.54, 1.807) is 0 Å². The molecule has 5 nitrogen and oxygen atoms in total. The summed E-state index contributed by atoms with van der Waals surface area (Å²) in [6.45, 7) is 11.6. The van der Waals surface area contributed by atoms with Gasteiger partial charge < -0.3 is 10.6 Å². The molecule has 0 fully saturated rings. The Kier molecular flexibility index (Phi) is 7.90. The number of carbonyl (C=O) groups is 1. The SMILES string of the molecule is CCCNc1nnc(SCC(=O)Nc2c(C(C)C)cccc2C(C)C)s1. The fraction of sp³-hybridized carbons (Fsp3) is 0.526. The van der Waals surface area contributed by atoms with E-state index in [1.807, 2.05) is 0 Å². The number of rotatable bonds is 9. The van der Waals surface area contributed by atoms with Crippen molar-refractivity contribution in [2.45, 2.75) is 57.2 Å². The van der Waals surface area contributed by atoms with Crippen LogP contribution in [0, 0.1) is 0 Å². The molecule has 0 aliphatic rings. The van der Waals surface area contributed by atoms with Crippen LogP contribution < -0.4 is 10.6 Å². The number of amides is 1. The van der Waals surface area contributed by atoms with Gasteiger partial charge in [-0.1, -0.05) is 75.9 Å². The number of para-hydroxylation sites is 1. The molecule has 1 amide bonds. The number of hydrogen-bond donors (Lipinski definition) is 2. The molecule has 142 valence electrons. The van der Waals surface area contributed by atoms with E-state index in [9.17, 15) is 4.79 Å². The summed E-state index contributed by atoms with van der Waals surface area (Å²) in [5, 5.41) is 15.4. The zero-order chi connectivity index (χ0) is 19.1. The van der Waals surface area contributed by atoms with Crippen molar-refractivity contribution in [2.24, 2.45) is 0 Å². The van der Waals surface area contributed by atoms with Crippen molar-refractivity contribution >= 4 is 39.8 Å². The summed E-state index contributed by atoms with van der Waals surface area (Å²) >= 11 is 2.91. The van der Waals surface area contributed by atoms with Crippen LogP contribution in [0.15, 0.2) is 22.5 Å². The molecule has 2 aromatic rings. The van der Waals surface area contributed by atoms with Crippen LogP contribution >= 0.6 is 23.1 Å². The Morgan fingerprint density at radius 1 is 1.15 bits per heavy atom. The molecule has 2 rings (SSSR count). The molecule has 1 heterocycles. The monoisotopic (exact) mass is 392 g/mol. The fourth-order valence-electron chi connectivity index (χ4n) is 2.57. The van der Waals surface area contributed by atoms with Gasteiger partial charge >= 0.3 is 0 Å². The normalized spacial score (nSPS) is 11.2. The van der Waals surface area contributed by atoms with E-state index in [0.717, 1.165) is 28.1 Å². The van der Waals surface area contributed by atoms with Gasteiger partial charge in [0.1, 0.15) is 0 Å². The Balaban J connectivity index is 2.02. The zero-order valence-corrected chi connectivity index (χ0v) is 17.8. The molecular formula is C19H28N4OS2. The van der Waals surface area contributed by atoms with Crippen LogP contribution in [-0.4, -0.2) is 28.4 Å². The molecule has 2 N–H and O–H groups in total. The third-order valence-electron chi connectivity index (χ3n) is 3.90. The molecule has 0 saturated carbocycles. The van der Waals surface area contributed by atoms with Gasteiger partial charge in [0, 0.05) is 12.2 Å². The summed E-state index contributed by atoms with van der Waals surface area (Å²) in [6.07, 6.45) is 1.04. The van der Waals surface area contributed by atoms with Crippen LogP contribution in [0.3, 0.4) is 0 Å². The van der Waals surface area contributed by atoms with Gasteiger partial charge in [-0.3, -0.25) is 4.79 Å². The van der Waals surface area contributed by atoms with Gasteiger partial charge in [-0.25, -0.2) is 0 Å². The third kappa shape index (κ3) is 5.71. The van der Waals surface area contributed by atoms with Crippen LogP contribution in [0.4, 0.5) is 10.8 Å². The standard InChI is InChI=1S/C19H28N4OS2/c1-6-10-20-18-22-23-19(26-18)25-11-16(24)21-17-14(12(2)3)8-7-9-15(17)13(4)5/h7-9,12-13H,6,10-11H2,1-5H3,(H,20,22)(H,21,24). The van der Waals surface area contributed by atoms with Gasteiger partial charge in [-0.05, 0) is 29.4 Å². The molecule has 0 spiro atoms. The zero-order valence-electron chi connectivity index (χ0n) is 16.1. The fourth-order valence-corrected chi connectivity index (χ4v) is 4.15. The molecule has 26 heavy (non-hydrogen) atoms. The highest BCUT2D eigenvalue weighted by Gasteiger charge is 2.16. The van der Waals surface area contributed by atoms with E-state index in [-0.39, 0.29) is 5.91 Å². The smallest absolute Gasteiger partial charge is 0.234 e. The largest absolute Gasteiger partial charge is 0.360 e. The maximum atomic E-state index is 12.5. The summed E-state index contributed by atoms with van der Waals surface area (Å²) in [4.78, 5) is 12.5. The molecular weight excluding hydrogens is 364 g/mol. The lowest BCUT2D eigenvalue weighted by molar-refractivity contribution is -0.113. The number of benzene rings is 1. The van der Waals surface area contributed by atoms with Crippen LogP contribution in [0.5, 0.6) is 0 Å². The predicted octanol–water partition coefficient (Wildman–Crippen LogP) is 5.34. The van der Waals surface area contributed by atoms with Gasteiger partial charge in [0.25, 0.3) is 0 Å². The van der Waals surface area contributed by atoms with E-state index < -0.39 is 0 Å². The number of nitrogens with zero attached hydrogens (tertiary/aromatic N) is 2. The molecule has 0 aliphatic carbocycles. The highest BCUT2D eigenvalue weighted by atomic mass is 32.2. The van der Waals surface area contributed by atoms with Crippen molar-refractivity contribution in [3.63, 3.8) is 0 Å². The minimum Gasteiger partial charge on any atom is -0.360 e. The van der Waals surface area contributed by atoms with Crippen molar-refractivity contribution in [2.75, 3.05) is 22.9 Å². The second kappa shape index (κ2) is 9.92. The van der Waals surface area contributed by atoms with Crippen molar-refractivity contribution in [1.29, 1.82) is 0 Å². The molecule has 0 saturated heterocycles. The number of nitrogens with one attached hydrogen (secondary N) is 2. The van der Waals surface area contributed by atoms with E-state index in [2.05, 4.69) is 73.6 Å². The first-order valence-electron chi connectivity index (χ1n) is 9.05. The highest BCUT2D eigenvalue weighted by Crippen LogP contribution is 2.33. The Hall–Kier alpha value is -1.60. The summed E-state index contributed by atoms with van der Waals surface area (Å²) in [5.41, 5.74) is 3.32. The summed E-state index contributed by atoms with van der Waals surface area (Å²) in [6, 6.07) is 6.26. The van der Waals surface area contributed by atoms with Crippen LogP contribution in [0.1, 0.15) is 64.0 Å². The number of anilines is 2. The molecule has 0 aliphatic heterocycles. The maximum absolute atomic E-state index is 12.5. The topological polar surface area (TPSA) is 66.9 Å². The van der Waals surface area contributed by atoms with Crippen molar-refractivity contribution in [1.82, 2.24) is 10.2 Å². The molecule has 0 atom stereocenters. The van der Waals surface area contributed by atoms with Crippen LogP contribution in [-0.2, 0) is 4.79 Å². The van der Waals surface area contributed by atoms with Gasteiger partial charge in [0.2, 0.25) is 11.0 Å².